The van der Waals surface area contributed by atoms with E-state index >= 15 is 0 Å². The summed E-state index contributed by atoms with van der Waals surface area (Å²) in [5.41, 5.74) is 4.78. The maximum absolute atomic E-state index is 5.52. The molecule has 2 aromatic heterocycles. The fourth-order valence-electron chi connectivity index (χ4n) is 2.25. The summed E-state index contributed by atoms with van der Waals surface area (Å²) < 4.78 is 5.52. The van der Waals surface area contributed by atoms with Crippen LogP contribution in [-0.2, 0) is 12.8 Å². The lowest BCUT2D eigenvalue weighted by Gasteiger charge is -2.11. The zero-order chi connectivity index (χ0) is 12.3. The minimum Gasteiger partial charge on any atom is -0.464 e. The molecule has 0 saturated carbocycles. The van der Waals surface area contributed by atoms with E-state index in [1.807, 2.05) is 12.1 Å². The zero-order valence-corrected chi connectivity index (χ0v) is 10.8. The number of hydrogen-bond acceptors (Lipinski definition) is 2. The molecule has 0 bridgehead atoms. The number of hydrogen-bond donors (Lipinski definition) is 0. The highest BCUT2D eigenvalue weighted by Gasteiger charge is 2.11. The van der Waals surface area contributed by atoms with E-state index in [2.05, 4.69) is 31.8 Å². The number of aromatic nitrogens is 1. The molecule has 90 valence electrons. The van der Waals surface area contributed by atoms with E-state index in [9.17, 15) is 0 Å². The van der Waals surface area contributed by atoms with Gasteiger partial charge in [-0.3, -0.25) is 4.98 Å². The van der Waals surface area contributed by atoms with Crippen LogP contribution in [0, 0.1) is 6.92 Å². The molecule has 0 atom stereocenters. The summed E-state index contributed by atoms with van der Waals surface area (Å²) >= 11 is 0. The fourth-order valence-corrected chi connectivity index (χ4v) is 2.25. The molecule has 2 nitrogen and oxygen atoms in total. The molecule has 0 aliphatic carbocycles. The molecule has 0 amide bonds. The van der Waals surface area contributed by atoms with Crippen molar-refractivity contribution in [3.05, 3.63) is 41.4 Å². The first-order chi connectivity index (χ1) is 8.26. The summed E-state index contributed by atoms with van der Waals surface area (Å²) in [7, 11) is 0. The first-order valence-electron chi connectivity index (χ1n) is 6.29. The highest BCUT2D eigenvalue weighted by Crippen LogP contribution is 2.27. The van der Waals surface area contributed by atoms with Gasteiger partial charge in [0, 0.05) is 17.0 Å². The summed E-state index contributed by atoms with van der Waals surface area (Å²) in [6.07, 6.45) is 4.86. The van der Waals surface area contributed by atoms with Crippen molar-refractivity contribution in [1.29, 1.82) is 0 Å². The maximum atomic E-state index is 5.52. The van der Waals surface area contributed by atoms with E-state index < -0.39 is 0 Å². The van der Waals surface area contributed by atoms with Gasteiger partial charge in [-0.05, 0) is 43.5 Å². The van der Waals surface area contributed by atoms with E-state index in [1.165, 1.54) is 11.1 Å². The molecule has 0 fully saturated rings. The monoisotopic (exact) mass is 229 g/mol. The van der Waals surface area contributed by atoms with Crippen molar-refractivity contribution in [1.82, 2.24) is 4.98 Å². The Morgan fingerprint density at radius 1 is 1.29 bits per heavy atom. The second-order valence-electron chi connectivity index (χ2n) is 4.31. The Morgan fingerprint density at radius 3 is 2.71 bits per heavy atom. The predicted octanol–water partition coefficient (Wildman–Crippen LogP) is 4.16. The lowest BCUT2D eigenvalue weighted by molar-refractivity contribution is 0.581. The van der Waals surface area contributed by atoms with Crippen molar-refractivity contribution in [2.45, 2.75) is 40.0 Å². The third-order valence-corrected chi connectivity index (χ3v) is 3.03. The van der Waals surface area contributed by atoms with Crippen LogP contribution in [0.5, 0.6) is 0 Å². The van der Waals surface area contributed by atoms with Gasteiger partial charge in [-0.1, -0.05) is 20.3 Å². The third kappa shape index (κ3) is 2.41. The first-order valence-corrected chi connectivity index (χ1v) is 6.29. The summed E-state index contributed by atoms with van der Waals surface area (Å²) in [6.45, 7) is 6.43. The minimum absolute atomic E-state index is 0.949. The van der Waals surface area contributed by atoms with Crippen LogP contribution in [0.15, 0.2) is 28.9 Å². The lowest BCUT2D eigenvalue weighted by atomic mass is 10.00. The van der Waals surface area contributed by atoms with Crippen LogP contribution >= 0.6 is 0 Å². The maximum Gasteiger partial charge on any atom is 0.134 e. The fraction of sp³-hybridized carbons (Fsp3) is 0.400. The Hall–Kier alpha value is -1.57. The number of aryl methyl sites for hydroxylation is 2. The predicted molar refractivity (Wildman–Crippen MR) is 70.0 cm³/mol. The van der Waals surface area contributed by atoms with E-state index in [0.29, 0.717) is 0 Å². The number of furan rings is 1. The summed E-state index contributed by atoms with van der Waals surface area (Å²) in [6, 6.07) is 6.13. The molecule has 0 aromatic carbocycles. The summed E-state index contributed by atoms with van der Waals surface area (Å²) in [5.74, 6) is 0.949. The molecule has 2 heterocycles. The molecule has 0 aliphatic heterocycles. The standard InChI is InChI=1S/C15H19NO/c1-4-7-12-10-14(15-8-6-9-17-15)13(5-2)11(3)16-12/h6,8-10H,4-5,7H2,1-3H3. The van der Waals surface area contributed by atoms with Gasteiger partial charge in [0.15, 0.2) is 0 Å². The van der Waals surface area contributed by atoms with Gasteiger partial charge in [0.05, 0.1) is 6.26 Å². The van der Waals surface area contributed by atoms with Gasteiger partial charge in [-0.2, -0.15) is 0 Å². The van der Waals surface area contributed by atoms with Gasteiger partial charge in [0.1, 0.15) is 5.76 Å². The highest BCUT2D eigenvalue weighted by molar-refractivity contribution is 5.63. The molecular weight excluding hydrogens is 210 g/mol. The van der Waals surface area contributed by atoms with Gasteiger partial charge < -0.3 is 4.42 Å². The van der Waals surface area contributed by atoms with Gasteiger partial charge in [-0.15, -0.1) is 0 Å². The van der Waals surface area contributed by atoms with Crippen molar-refractivity contribution in [2.75, 3.05) is 0 Å². The molecule has 0 unspecified atom stereocenters. The van der Waals surface area contributed by atoms with E-state index in [0.717, 1.165) is 36.4 Å². The van der Waals surface area contributed by atoms with Crippen LogP contribution in [0.4, 0.5) is 0 Å². The van der Waals surface area contributed by atoms with Crippen molar-refractivity contribution >= 4 is 0 Å². The van der Waals surface area contributed by atoms with Gasteiger partial charge >= 0.3 is 0 Å². The second kappa shape index (κ2) is 5.17. The molecule has 2 heteroatoms. The van der Waals surface area contributed by atoms with Gasteiger partial charge in [-0.25, -0.2) is 0 Å². The number of nitrogens with zero attached hydrogens (tertiary/aromatic N) is 1. The number of pyridine rings is 1. The SMILES string of the molecule is CCCc1cc(-c2ccco2)c(CC)c(C)n1. The zero-order valence-electron chi connectivity index (χ0n) is 10.8. The second-order valence-corrected chi connectivity index (χ2v) is 4.31. The topological polar surface area (TPSA) is 26.0 Å². The Bertz CT molecular complexity index is 486. The van der Waals surface area contributed by atoms with Crippen molar-refractivity contribution in [3.63, 3.8) is 0 Å². The third-order valence-electron chi connectivity index (χ3n) is 3.03. The first kappa shape index (κ1) is 11.9. The summed E-state index contributed by atoms with van der Waals surface area (Å²) in [5, 5.41) is 0. The molecule has 17 heavy (non-hydrogen) atoms. The van der Waals surface area contributed by atoms with Crippen LogP contribution in [-0.4, -0.2) is 4.98 Å². The van der Waals surface area contributed by atoms with Crippen LogP contribution in [0.1, 0.15) is 37.2 Å². The summed E-state index contributed by atoms with van der Waals surface area (Å²) in [4.78, 5) is 4.66. The van der Waals surface area contributed by atoms with Crippen molar-refractivity contribution < 1.29 is 4.42 Å². The smallest absolute Gasteiger partial charge is 0.134 e. The molecule has 2 aromatic rings. The van der Waals surface area contributed by atoms with Crippen LogP contribution in [0.2, 0.25) is 0 Å². The Balaban J connectivity index is 2.54. The quantitative estimate of drug-likeness (QED) is 0.786. The Labute approximate surface area is 103 Å². The molecule has 0 radical (unpaired) electrons. The number of rotatable bonds is 4. The normalized spacial score (nSPS) is 10.8. The molecule has 0 saturated heterocycles. The molecule has 2 rings (SSSR count). The van der Waals surface area contributed by atoms with E-state index in [4.69, 9.17) is 4.42 Å². The lowest BCUT2D eigenvalue weighted by Crippen LogP contribution is -2.00. The largest absolute Gasteiger partial charge is 0.464 e. The van der Waals surface area contributed by atoms with Crippen molar-refractivity contribution in [2.24, 2.45) is 0 Å². The average molecular weight is 229 g/mol. The van der Waals surface area contributed by atoms with Crippen molar-refractivity contribution in [3.8, 4) is 11.3 Å². The molecular formula is C15H19NO. The van der Waals surface area contributed by atoms with Gasteiger partial charge in [0.2, 0.25) is 0 Å². The van der Waals surface area contributed by atoms with Crippen LogP contribution < -0.4 is 0 Å². The molecule has 0 aliphatic rings. The average Bonchev–Trinajstić information content (AvgIpc) is 2.82. The molecule has 0 N–H and O–H groups in total. The van der Waals surface area contributed by atoms with Crippen LogP contribution in [0.3, 0.4) is 0 Å². The van der Waals surface area contributed by atoms with Gasteiger partial charge in [0.25, 0.3) is 0 Å². The van der Waals surface area contributed by atoms with E-state index in [1.54, 1.807) is 6.26 Å². The van der Waals surface area contributed by atoms with Crippen LogP contribution in [0.25, 0.3) is 11.3 Å². The minimum atomic E-state index is 0.949. The highest BCUT2D eigenvalue weighted by atomic mass is 16.3. The molecule has 0 spiro atoms. The Kier molecular flexibility index (Phi) is 3.62. The van der Waals surface area contributed by atoms with E-state index in [-0.39, 0.29) is 0 Å². The Morgan fingerprint density at radius 2 is 2.12 bits per heavy atom.